The van der Waals surface area contributed by atoms with E-state index < -0.39 is 0 Å². The summed E-state index contributed by atoms with van der Waals surface area (Å²) in [6, 6.07) is 5.04. The van der Waals surface area contributed by atoms with Crippen molar-refractivity contribution in [1.82, 2.24) is 0 Å². The molecule has 0 fully saturated rings. The molecule has 12 heavy (non-hydrogen) atoms. The zero-order valence-electron chi connectivity index (χ0n) is 7.20. The molecule has 0 aromatic heterocycles. The highest BCUT2D eigenvalue weighted by Crippen LogP contribution is 2.18. The van der Waals surface area contributed by atoms with Gasteiger partial charge in [0.05, 0.1) is 0 Å². The molecule has 0 aliphatic heterocycles. The molecule has 65 valence electrons. The van der Waals surface area contributed by atoms with Crippen molar-refractivity contribution in [3.8, 4) is 0 Å². The first-order valence-corrected chi connectivity index (χ1v) is 4.33. The second kappa shape index (κ2) is 3.90. The Morgan fingerprint density at radius 1 is 1.50 bits per heavy atom. The molecular formula is C10H11ClF. The summed E-state index contributed by atoms with van der Waals surface area (Å²) >= 11 is 5.65. The van der Waals surface area contributed by atoms with E-state index in [1.54, 1.807) is 13.0 Å². The number of halogens is 2. The van der Waals surface area contributed by atoms with Crippen molar-refractivity contribution in [2.75, 3.05) is 5.88 Å². The maximum Gasteiger partial charge on any atom is 0.126 e. The average molecular weight is 186 g/mol. The smallest absolute Gasteiger partial charge is 0.126 e. The van der Waals surface area contributed by atoms with Gasteiger partial charge in [0, 0.05) is 11.8 Å². The van der Waals surface area contributed by atoms with Gasteiger partial charge in [-0.3, -0.25) is 0 Å². The molecule has 0 nitrogen and oxygen atoms in total. The summed E-state index contributed by atoms with van der Waals surface area (Å²) in [6.07, 6.45) is 0. The zero-order chi connectivity index (χ0) is 9.14. The maximum atomic E-state index is 12.8. The Morgan fingerprint density at radius 3 is 2.67 bits per heavy atom. The van der Waals surface area contributed by atoms with E-state index in [4.69, 9.17) is 11.6 Å². The molecule has 0 aliphatic rings. The normalized spacial score (nSPS) is 10.8. The molecule has 0 amide bonds. The van der Waals surface area contributed by atoms with Crippen molar-refractivity contribution < 1.29 is 4.39 Å². The molecule has 1 radical (unpaired) electrons. The molecule has 1 aromatic carbocycles. The van der Waals surface area contributed by atoms with Gasteiger partial charge in [-0.2, -0.15) is 0 Å². The molecule has 0 saturated heterocycles. The minimum atomic E-state index is -0.166. The Bertz CT molecular complexity index is 271. The van der Waals surface area contributed by atoms with E-state index in [-0.39, 0.29) is 5.82 Å². The van der Waals surface area contributed by atoms with Crippen molar-refractivity contribution in [1.29, 1.82) is 0 Å². The Balaban J connectivity index is 2.96. The zero-order valence-corrected chi connectivity index (χ0v) is 7.95. The van der Waals surface area contributed by atoms with Gasteiger partial charge in [-0.1, -0.05) is 19.1 Å². The Labute approximate surface area is 77.4 Å². The molecule has 0 aliphatic carbocycles. The monoisotopic (exact) mass is 185 g/mol. The predicted molar refractivity (Wildman–Crippen MR) is 49.9 cm³/mol. The summed E-state index contributed by atoms with van der Waals surface area (Å²) in [5.41, 5.74) is 1.68. The van der Waals surface area contributed by atoms with Crippen molar-refractivity contribution in [2.45, 2.75) is 13.8 Å². The van der Waals surface area contributed by atoms with Crippen LogP contribution in [0.5, 0.6) is 0 Å². The van der Waals surface area contributed by atoms with Crippen LogP contribution in [0.25, 0.3) is 0 Å². The first-order valence-electron chi connectivity index (χ1n) is 3.80. The van der Waals surface area contributed by atoms with Crippen LogP contribution in [-0.2, 0) is 0 Å². The third-order valence-corrected chi connectivity index (χ3v) is 2.25. The number of rotatable bonds is 2. The molecule has 0 spiro atoms. The van der Waals surface area contributed by atoms with Crippen LogP contribution < -0.4 is 0 Å². The second-order valence-corrected chi connectivity index (χ2v) is 3.15. The van der Waals surface area contributed by atoms with E-state index in [9.17, 15) is 4.39 Å². The van der Waals surface area contributed by atoms with Crippen LogP contribution in [0.1, 0.15) is 18.1 Å². The standard InChI is InChI=1S/C10H11ClF/c1-7-5-9(8(2)6-11)3-4-10(7)12/h3-5H,6H2,1-2H3. The van der Waals surface area contributed by atoms with Gasteiger partial charge in [0.1, 0.15) is 5.82 Å². The van der Waals surface area contributed by atoms with Crippen LogP contribution in [-0.4, -0.2) is 5.88 Å². The number of alkyl halides is 1. The molecule has 0 saturated carbocycles. The molecule has 0 N–H and O–H groups in total. The molecule has 1 rings (SSSR count). The lowest BCUT2D eigenvalue weighted by atomic mass is 10.0. The lowest BCUT2D eigenvalue weighted by Crippen LogP contribution is -1.97. The first-order chi connectivity index (χ1) is 5.65. The van der Waals surface area contributed by atoms with Gasteiger partial charge in [-0.15, -0.1) is 11.6 Å². The fraction of sp³-hybridized carbons (Fsp3) is 0.300. The summed E-state index contributed by atoms with van der Waals surface area (Å²) < 4.78 is 12.8. The topological polar surface area (TPSA) is 0 Å². The number of benzene rings is 1. The third-order valence-electron chi connectivity index (χ3n) is 1.85. The van der Waals surface area contributed by atoms with Gasteiger partial charge >= 0.3 is 0 Å². The van der Waals surface area contributed by atoms with E-state index >= 15 is 0 Å². The minimum absolute atomic E-state index is 0.166. The van der Waals surface area contributed by atoms with Gasteiger partial charge < -0.3 is 0 Å². The van der Waals surface area contributed by atoms with E-state index in [1.165, 1.54) is 6.07 Å². The summed E-state index contributed by atoms with van der Waals surface area (Å²) in [7, 11) is 0. The number of aryl methyl sites for hydroxylation is 1. The van der Waals surface area contributed by atoms with Crippen molar-refractivity contribution in [3.05, 3.63) is 41.1 Å². The van der Waals surface area contributed by atoms with Gasteiger partial charge in [0.25, 0.3) is 0 Å². The van der Waals surface area contributed by atoms with E-state index in [0.717, 1.165) is 11.5 Å². The fourth-order valence-electron chi connectivity index (χ4n) is 0.987. The van der Waals surface area contributed by atoms with Crippen LogP contribution in [0.4, 0.5) is 4.39 Å². The molecule has 0 unspecified atom stereocenters. The van der Waals surface area contributed by atoms with Gasteiger partial charge in [-0.25, -0.2) is 4.39 Å². The predicted octanol–water partition coefficient (Wildman–Crippen LogP) is 3.32. The molecule has 0 atom stereocenters. The molecule has 2 heteroatoms. The van der Waals surface area contributed by atoms with Crippen molar-refractivity contribution in [3.63, 3.8) is 0 Å². The van der Waals surface area contributed by atoms with Gasteiger partial charge in [0.2, 0.25) is 0 Å². The van der Waals surface area contributed by atoms with Crippen molar-refractivity contribution in [2.24, 2.45) is 0 Å². The van der Waals surface area contributed by atoms with Crippen molar-refractivity contribution >= 4 is 11.6 Å². The number of hydrogen-bond donors (Lipinski definition) is 0. The van der Waals surface area contributed by atoms with Crippen LogP contribution in [0.2, 0.25) is 0 Å². The molecule has 1 aromatic rings. The summed E-state index contributed by atoms with van der Waals surface area (Å²) in [6.45, 7) is 3.69. The van der Waals surface area contributed by atoms with E-state index in [1.807, 2.05) is 13.0 Å². The highest BCUT2D eigenvalue weighted by molar-refractivity contribution is 6.19. The Hall–Kier alpha value is -0.560. The molecule has 0 heterocycles. The summed E-state index contributed by atoms with van der Waals surface area (Å²) in [5, 5.41) is 0. The minimum Gasteiger partial charge on any atom is -0.207 e. The molecular weight excluding hydrogens is 175 g/mol. The summed E-state index contributed by atoms with van der Waals surface area (Å²) in [5.74, 6) is 1.39. The summed E-state index contributed by atoms with van der Waals surface area (Å²) in [4.78, 5) is 0. The Kier molecular flexibility index (Phi) is 3.10. The van der Waals surface area contributed by atoms with E-state index in [0.29, 0.717) is 11.4 Å². The SMILES string of the molecule is C[C](CCl)c1ccc(F)c(C)c1. The average Bonchev–Trinajstić information content (AvgIpc) is 2.08. The molecule has 0 bridgehead atoms. The van der Waals surface area contributed by atoms with Crippen LogP contribution in [0.15, 0.2) is 18.2 Å². The third kappa shape index (κ3) is 1.98. The van der Waals surface area contributed by atoms with Gasteiger partial charge in [0.15, 0.2) is 0 Å². The number of hydrogen-bond acceptors (Lipinski definition) is 0. The van der Waals surface area contributed by atoms with Crippen LogP contribution in [0, 0.1) is 18.7 Å². The maximum absolute atomic E-state index is 12.8. The first kappa shape index (κ1) is 9.53. The van der Waals surface area contributed by atoms with Crippen LogP contribution >= 0.6 is 11.6 Å². The Morgan fingerprint density at radius 2 is 2.17 bits per heavy atom. The lowest BCUT2D eigenvalue weighted by molar-refractivity contribution is 0.618. The highest BCUT2D eigenvalue weighted by atomic mass is 35.5. The largest absolute Gasteiger partial charge is 0.207 e. The van der Waals surface area contributed by atoms with Gasteiger partial charge in [-0.05, 0) is 24.1 Å². The highest BCUT2D eigenvalue weighted by Gasteiger charge is 2.05. The second-order valence-electron chi connectivity index (χ2n) is 2.88. The fourth-order valence-corrected chi connectivity index (χ4v) is 1.14. The lowest BCUT2D eigenvalue weighted by Gasteiger charge is -2.07. The quantitative estimate of drug-likeness (QED) is 0.621. The van der Waals surface area contributed by atoms with Crippen LogP contribution in [0.3, 0.4) is 0 Å². The van der Waals surface area contributed by atoms with E-state index in [2.05, 4.69) is 0 Å².